The molecule has 0 spiro atoms. The van der Waals surface area contributed by atoms with Crippen LogP contribution in [0.1, 0.15) is 35.7 Å². The van der Waals surface area contributed by atoms with Gasteiger partial charge >= 0.3 is 0 Å². The normalized spacial score (nSPS) is 13.8. The van der Waals surface area contributed by atoms with E-state index in [0.29, 0.717) is 11.6 Å². The number of anilines is 2. The first-order valence-electron chi connectivity index (χ1n) is 8.56. The van der Waals surface area contributed by atoms with Crippen LogP contribution < -0.4 is 5.32 Å². The highest BCUT2D eigenvalue weighted by Gasteiger charge is 2.23. The smallest absolute Gasteiger partial charge is 0.164 e. The number of hydrogen-bond donors (Lipinski definition) is 1. The van der Waals surface area contributed by atoms with Crippen molar-refractivity contribution in [2.45, 2.75) is 26.2 Å². The van der Waals surface area contributed by atoms with Crippen molar-refractivity contribution in [2.24, 2.45) is 5.92 Å². The highest BCUT2D eigenvalue weighted by molar-refractivity contribution is 6.02. The standard InChI is InChI=1S/C21H19FN2O/c1-13(25)20-17(22)11-15(10-14-7-8-14)12-19(20)24-18-6-2-4-16-5-3-9-23-21(16)18/h2-6,9,11-12,14,24H,7-8,10H2,1H3. The molecule has 3 aromatic rings. The first-order valence-corrected chi connectivity index (χ1v) is 8.56. The molecule has 4 heteroatoms. The number of carbonyl (C=O) groups is 1. The van der Waals surface area contributed by atoms with E-state index in [9.17, 15) is 9.18 Å². The minimum Gasteiger partial charge on any atom is -0.353 e. The molecule has 0 aliphatic heterocycles. The lowest BCUT2D eigenvalue weighted by atomic mass is 10.0. The topological polar surface area (TPSA) is 42.0 Å². The van der Waals surface area contributed by atoms with Crippen molar-refractivity contribution in [1.29, 1.82) is 0 Å². The van der Waals surface area contributed by atoms with E-state index in [4.69, 9.17) is 0 Å². The third-order valence-corrected chi connectivity index (χ3v) is 4.63. The van der Waals surface area contributed by atoms with Crippen molar-refractivity contribution in [2.75, 3.05) is 5.32 Å². The van der Waals surface area contributed by atoms with Gasteiger partial charge in [0.05, 0.1) is 22.5 Å². The molecule has 0 atom stereocenters. The van der Waals surface area contributed by atoms with Crippen LogP contribution in [0.3, 0.4) is 0 Å². The molecule has 25 heavy (non-hydrogen) atoms. The molecule has 1 aliphatic carbocycles. The summed E-state index contributed by atoms with van der Waals surface area (Å²) in [4.78, 5) is 16.4. The molecule has 0 amide bonds. The molecule has 0 unspecified atom stereocenters. The Bertz CT molecular complexity index is 958. The molecule has 4 rings (SSSR count). The van der Waals surface area contributed by atoms with Gasteiger partial charge in [0.15, 0.2) is 5.78 Å². The molecule has 1 heterocycles. The second kappa shape index (κ2) is 6.28. The zero-order chi connectivity index (χ0) is 17.4. The first kappa shape index (κ1) is 15.8. The molecule has 1 fully saturated rings. The summed E-state index contributed by atoms with van der Waals surface area (Å²) in [7, 11) is 0. The lowest BCUT2D eigenvalue weighted by Gasteiger charge is -2.15. The summed E-state index contributed by atoms with van der Waals surface area (Å²) in [5, 5.41) is 4.24. The zero-order valence-electron chi connectivity index (χ0n) is 14.1. The van der Waals surface area contributed by atoms with Gasteiger partial charge < -0.3 is 5.32 Å². The average molecular weight is 334 g/mol. The van der Waals surface area contributed by atoms with Crippen LogP contribution in [0.5, 0.6) is 0 Å². The Kier molecular flexibility index (Phi) is 3.96. The number of hydrogen-bond acceptors (Lipinski definition) is 3. The van der Waals surface area contributed by atoms with Crippen molar-refractivity contribution < 1.29 is 9.18 Å². The highest BCUT2D eigenvalue weighted by Crippen LogP contribution is 2.35. The summed E-state index contributed by atoms with van der Waals surface area (Å²) in [5.41, 5.74) is 3.12. The number of ketones is 1. The summed E-state index contributed by atoms with van der Waals surface area (Å²) < 4.78 is 14.6. The largest absolute Gasteiger partial charge is 0.353 e. The predicted molar refractivity (Wildman–Crippen MR) is 97.9 cm³/mol. The lowest BCUT2D eigenvalue weighted by molar-refractivity contribution is 0.101. The Labute approximate surface area is 145 Å². The van der Waals surface area contributed by atoms with Crippen LogP contribution in [0.4, 0.5) is 15.8 Å². The molecule has 1 saturated carbocycles. The number of nitrogens with one attached hydrogen (secondary N) is 1. The first-order chi connectivity index (χ1) is 12.1. The van der Waals surface area contributed by atoms with Crippen molar-refractivity contribution in [3.63, 3.8) is 0 Å². The van der Waals surface area contributed by atoms with Gasteiger partial charge in [0, 0.05) is 11.6 Å². The summed E-state index contributed by atoms with van der Waals surface area (Å²) in [5.74, 6) is -0.0952. The Morgan fingerprint density at radius 2 is 2.00 bits per heavy atom. The molecule has 1 N–H and O–H groups in total. The van der Waals surface area contributed by atoms with E-state index in [1.807, 2.05) is 36.4 Å². The molecule has 0 radical (unpaired) electrons. The van der Waals surface area contributed by atoms with E-state index in [1.54, 1.807) is 6.20 Å². The van der Waals surface area contributed by atoms with Crippen LogP contribution in [-0.2, 0) is 6.42 Å². The third kappa shape index (κ3) is 3.25. The fourth-order valence-corrected chi connectivity index (χ4v) is 3.24. The van der Waals surface area contributed by atoms with Crippen molar-refractivity contribution in [3.05, 3.63) is 65.6 Å². The monoisotopic (exact) mass is 334 g/mol. The quantitative estimate of drug-likeness (QED) is 0.646. The fourth-order valence-electron chi connectivity index (χ4n) is 3.24. The molecule has 0 saturated heterocycles. The minimum absolute atomic E-state index is 0.104. The van der Waals surface area contributed by atoms with Crippen LogP contribution in [-0.4, -0.2) is 10.8 Å². The van der Waals surface area contributed by atoms with E-state index < -0.39 is 5.82 Å². The van der Waals surface area contributed by atoms with Gasteiger partial charge in [-0.1, -0.05) is 18.2 Å². The number of carbonyl (C=O) groups excluding carboxylic acids is 1. The molecule has 2 aromatic carbocycles. The molecule has 1 aliphatic rings. The van der Waals surface area contributed by atoms with Gasteiger partial charge in [-0.05, 0) is 61.9 Å². The van der Waals surface area contributed by atoms with Crippen molar-refractivity contribution in [1.82, 2.24) is 4.98 Å². The van der Waals surface area contributed by atoms with Crippen LogP contribution in [0.15, 0.2) is 48.7 Å². The van der Waals surface area contributed by atoms with E-state index in [2.05, 4.69) is 10.3 Å². The number of Topliss-reactive ketones (excluding diaryl/α,β-unsaturated/α-hetero) is 1. The summed E-state index contributed by atoms with van der Waals surface area (Å²) in [6, 6.07) is 13.0. The van der Waals surface area contributed by atoms with Gasteiger partial charge in [0.1, 0.15) is 5.82 Å². The average Bonchev–Trinajstić information content (AvgIpc) is 3.38. The Morgan fingerprint density at radius 3 is 2.76 bits per heavy atom. The maximum atomic E-state index is 14.6. The van der Waals surface area contributed by atoms with Gasteiger partial charge in [-0.25, -0.2) is 4.39 Å². The van der Waals surface area contributed by atoms with Gasteiger partial charge in [-0.15, -0.1) is 0 Å². The van der Waals surface area contributed by atoms with E-state index in [-0.39, 0.29) is 11.3 Å². The number of nitrogens with zero attached hydrogens (tertiary/aromatic N) is 1. The van der Waals surface area contributed by atoms with E-state index in [0.717, 1.165) is 28.6 Å². The Balaban J connectivity index is 1.79. The lowest BCUT2D eigenvalue weighted by Crippen LogP contribution is -2.06. The van der Waals surface area contributed by atoms with Crippen LogP contribution in [0.25, 0.3) is 10.9 Å². The number of halogens is 1. The number of fused-ring (bicyclic) bond motifs is 1. The molecular formula is C21H19FN2O. The molecule has 1 aromatic heterocycles. The molecular weight excluding hydrogens is 315 g/mol. The summed E-state index contributed by atoms with van der Waals surface area (Å²) >= 11 is 0. The number of pyridine rings is 1. The minimum atomic E-state index is -0.457. The summed E-state index contributed by atoms with van der Waals surface area (Å²) in [6.45, 7) is 1.39. The van der Waals surface area contributed by atoms with Crippen LogP contribution in [0, 0.1) is 11.7 Å². The van der Waals surface area contributed by atoms with Crippen molar-refractivity contribution in [3.8, 4) is 0 Å². The predicted octanol–water partition coefficient (Wildman–Crippen LogP) is 5.27. The maximum Gasteiger partial charge on any atom is 0.164 e. The van der Waals surface area contributed by atoms with Gasteiger partial charge in [-0.3, -0.25) is 9.78 Å². The SMILES string of the molecule is CC(=O)c1c(F)cc(CC2CC2)cc1Nc1cccc2cccnc12. The van der Waals surface area contributed by atoms with Gasteiger partial charge in [-0.2, -0.15) is 0 Å². The van der Waals surface area contributed by atoms with E-state index in [1.165, 1.54) is 25.8 Å². The zero-order valence-corrected chi connectivity index (χ0v) is 14.1. The third-order valence-electron chi connectivity index (χ3n) is 4.63. The Hall–Kier alpha value is -2.75. The van der Waals surface area contributed by atoms with Crippen molar-refractivity contribution >= 4 is 28.1 Å². The molecule has 126 valence electrons. The second-order valence-corrected chi connectivity index (χ2v) is 6.71. The number of rotatable bonds is 5. The maximum absolute atomic E-state index is 14.6. The second-order valence-electron chi connectivity index (χ2n) is 6.71. The highest BCUT2D eigenvalue weighted by atomic mass is 19.1. The van der Waals surface area contributed by atoms with E-state index >= 15 is 0 Å². The Morgan fingerprint density at radius 1 is 1.20 bits per heavy atom. The van der Waals surface area contributed by atoms with Gasteiger partial charge in [0.25, 0.3) is 0 Å². The van der Waals surface area contributed by atoms with Crippen LogP contribution >= 0.6 is 0 Å². The number of aromatic nitrogens is 1. The molecule has 0 bridgehead atoms. The molecule has 3 nitrogen and oxygen atoms in total. The number of benzene rings is 2. The van der Waals surface area contributed by atoms with Gasteiger partial charge in [0.2, 0.25) is 0 Å². The summed E-state index contributed by atoms with van der Waals surface area (Å²) in [6.07, 6.45) is 4.99. The fraction of sp³-hybridized carbons (Fsp3) is 0.238. The number of para-hydroxylation sites is 1. The van der Waals surface area contributed by atoms with Crippen LogP contribution in [0.2, 0.25) is 0 Å².